The number of aromatic nitrogens is 2. The van der Waals surface area contributed by atoms with Crippen molar-refractivity contribution >= 4 is 17.4 Å². The third-order valence-corrected chi connectivity index (χ3v) is 5.67. The molecule has 0 amide bonds. The fourth-order valence-corrected chi connectivity index (χ4v) is 4.04. The summed E-state index contributed by atoms with van der Waals surface area (Å²) in [5.74, 6) is 0.769. The Morgan fingerprint density at radius 2 is 1.96 bits per heavy atom. The molecule has 3 aliphatic rings. The van der Waals surface area contributed by atoms with E-state index in [1.165, 1.54) is 18.6 Å². The summed E-state index contributed by atoms with van der Waals surface area (Å²) in [6, 6.07) is 5.67. The third kappa shape index (κ3) is 2.66. The van der Waals surface area contributed by atoms with E-state index in [1.807, 2.05) is 6.92 Å². The van der Waals surface area contributed by atoms with E-state index in [9.17, 15) is 4.39 Å². The van der Waals surface area contributed by atoms with Gasteiger partial charge in [0.1, 0.15) is 18.0 Å². The Bertz CT molecular complexity index is 770. The lowest BCUT2D eigenvalue weighted by Crippen LogP contribution is -2.68. The van der Waals surface area contributed by atoms with Crippen molar-refractivity contribution in [3.63, 3.8) is 0 Å². The lowest BCUT2D eigenvalue weighted by atomic mass is 9.86. The minimum Gasteiger partial charge on any atom is -0.353 e. The first-order chi connectivity index (χ1) is 11.5. The Hall–Kier alpha value is -1.72. The maximum atomic E-state index is 13.2. The standard InChI is InChI=1S/C18H20ClFN4/c1-11-12(2)21-10-22-18(11)23-8-15-6-16(9-23)24(15)7-13-3-4-14(20)5-17(13)19/h3-5,10,15-16H,6-9H2,1-2H3. The van der Waals surface area contributed by atoms with E-state index < -0.39 is 0 Å². The molecule has 5 rings (SSSR count). The van der Waals surface area contributed by atoms with E-state index in [1.54, 1.807) is 12.4 Å². The molecule has 3 saturated heterocycles. The molecule has 4 heterocycles. The van der Waals surface area contributed by atoms with Gasteiger partial charge in [0.15, 0.2) is 0 Å². The highest BCUT2D eigenvalue weighted by molar-refractivity contribution is 6.31. The van der Waals surface area contributed by atoms with Crippen molar-refractivity contribution in [2.24, 2.45) is 0 Å². The van der Waals surface area contributed by atoms with Crippen LogP contribution >= 0.6 is 11.6 Å². The van der Waals surface area contributed by atoms with Gasteiger partial charge in [-0.2, -0.15) is 0 Å². The van der Waals surface area contributed by atoms with Crippen molar-refractivity contribution in [3.8, 4) is 0 Å². The Kier molecular flexibility index (Phi) is 3.93. The van der Waals surface area contributed by atoms with Crippen LogP contribution in [0.3, 0.4) is 0 Å². The summed E-state index contributed by atoms with van der Waals surface area (Å²) in [7, 11) is 0. The lowest BCUT2D eigenvalue weighted by Gasteiger charge is -2.57. The number of anilines is 1. The fraction of sp³-hybridized carbons (Fsp3) is 0.444. The number of piperidine rings is 1. The Morgan fingerprint density at radius 1 is 1.21 bits per heavy atom. The molecule has 2 bridgehead atoms. The van der Waals surface area contributed by atoms with Crippen molar-refractivity contribution in [2.75, 3.05) is 18.0 Å². The van der Waals surface area contributed by atoms with Crippen LogP contribution in [0.15, 0.2) is 24.5 Å². The maximum absolute atomic E-state index is 13.2. The van der Waals surface area contributed by atoms with Crippen molar-refractivity contribution in [1.82, 2.24) is 14.9 Å². The molecule has 3 aliphatic heterocycles. The Labute approximate surface area is 146 Å². The van der Waals surface area contributed by atoms with Gasteiger partial charge in [-0.15, -0.1) is 0 Å². The number of piperazine rings is 1. The van der Waals surface area contributed by atoms with E-state index in [2.05, 4.69) is 26.7 Å². The minimum absolute atomic E-state index is 0.284. The van der Waals surface area contributed by atoms with Crippen LogP contribution in [0.25, 0.3) is 0 Å². The van der Waals surface area contributed by atoms with Crippen LogP contribution in [0.1, 0.15) is 23.2 Å². The molecule has 0 N–H and O–H groups in total. The zero-order chi connectivity index (χ0) is 16.8. The Morgan fingerprint density at radius 3 is 2.67 bits per heavy atom. The van der Waals surface area contributed by atoms with Gasteiger partial charge in [-0.05, 0) is 38.0 Å². The molecular weight excluding hydrogens is 327 g/mol. The lowest BCUT2D eigenvalue weighted by molar-refractivity contribution is -0.00872. The number of benzene rings is 1. The number of fused-ring (bicyclic) bond motifs is 2. The SMILES string of the molecule is Cc1ncnc(N2CC3CC(C2)N3Cc2ccc(F)cc2Cl)c1C. The van der Waals surface area contributed by atoms with Crippen LogP contribution in [0, 0.1) is 19.7 Å². The highest BCUT2D eigenvalue weighted by Gasteiger charge is 2.45. The van der Waals surface area contributed by atoms with Crippen molar-refractivity contribution in [1.29, 1.82) is 0 Å². The molecule has 1 aromatic heterocycles. The zero-order valence-electron chi connectivity index (χ0n) is 13.8. The molecule has 0 spiro atoms. The van der Waals surface area contributed by atoms with Crippen LogP contribution in [0.4, 0.5) is 10.2 Å². The van der Waals surface area contributed by atoms with Gasteiger partial charge < -0.3 is 4.90 Å². The maximum Gasteiger partial charge on any atom is 0.135 e. The predicted octanol–water partition coefficient (Wildman–Crippen LogP) is 3.35. The van der Waals surface area contributed by atoms with Gasteiger partial charge in [0.05, 0.1) is 0 Å². The first-order valence-corrected chi connectivity index (χ1v) is 8.63. The van der Waals surface area contributed by atoms with Gasteiger partial charge >= 0.3 is 0 Å². The summed E-state index contributed by atoms with van der Waals surface area (Å²) in [6.07, 6.45) is 2.85. The van der Waals surface area contributed by atoms with Crippen molar-refractivity contribution < 1.29 is 4.39 Å². The predicted molar refractivity (Wildman–Crippen MR) is 92.9 cm³/mol. The quantitative estimate of drug-likeness (QED) is 0.853. The highest BCUT2D eigenvalue weighted by Crippen LogP contribution is 2.37. The van der Waals surface area contributed by atoms with Crippen LogP contribution in [0.2, 0.25) is 5.02 Å². The van der Waals surface area contributed by atoms with Crippen molar-refractivity contribution in [3.05, 3.63) is 52.2 Å². The highest BCUT2D eigenvalue weighted by atomic mass is 35.5. The normalized spacial score (nSPS) is 23.2. The van der Waals surface area contributed by atoms with Gasteiger partial charge in [0.25, 0.3) is 0 Å². The molecule has 0 radical (unpaired) electrons. The largest absolute Gasteiger partial charge is 0.353 e. The van der Waals surface area contributed by atoms with Gasteiger partial charge in [0.2, 0.25) is 0 Å². The summed E-state index contributed by atoms with van der Waals surface area (Å²) >= 11 is 6.18. The molecule has 3 fully saturated rings. The molecule has 126 valence electrons. The van der Waals surface area contributed by atoms with E-state index in [0.717, 1.165) is 42.3 Å². The second-order valence-electron chi connectivity index (χ2n) is 6.76. The summed E-state index contributed by atoms with van der Waals surface area (Å²) in [4.78, 5) is 13.6. The van der Waals surface area contributed by atoms with Crippen LogP contribution in [-0.4, -0.2) is 40.0 Å². The third-order valence-electron chi connectivity index (χ3n) is 5.32. The first kappa shape index (κ1) is 15.8. The zero-order valence-corrected chi connectivity index (χ0v) is 14.6. The Balaban J connectivity index is 1.48. The molecule has 24 heavy (non-hydrogen) atoms. The van der Waals surface area contributed by atoms with Gasteiger partial charge in [-0.25, -0.2) is 14.4 Å². The van der Waals surface area contributed by atoms with Crippen LogP contribution < -0.4 is 4.90 Å². The molecule has 2 aromatic rings. The molecule has 2 atom stereocenters. The summed E-state index contributed by atoms with van der Waals surface area (Å²) in [5.41, 5.74) is 3.19. The summed E-state index contributed by atoms with van der Waals surface area (Å²) in [5, 5.41) is 0.513. The average Bonchev–Trinajstić information content (AvgIpc) is 2.56. The molecule has 4 nitrogen and oxygen atoms in total. The van der Waals surface area contributed by atoms with Crippen LogP contribution in [-0.2, 0) is 6.54 Å². The van der Waals surface area contributed by atoms with E-state index in [4.69, 9.17) is 11.6 Å². The summed E-state index contributed by atoms with van der Waals surface area (Å²) < 4.78 is 13.2. The minimum atomic E-state index is -0.284. The van der Waals surface area contributed by atoms with E-state index in [0.29, 0.717) is 17.1 Å². The topological polar surface area (TPSA) is 32.3 Å². The smallest absolute Gasteiger partial charge is 0.135 e. The molecule has 1 aromatic carbocycles. The summed E-state index contributed by atoms with van der Waals surface area (Å²) in [6.45, 7) is 6.82. The number of nitrogens with zero attached hydrogens (tertiary/aromatic N) is 4. The second kappa shape index (κ2) is 5.97. The molecule has 0 saturated carbocycles. The first-order valence-electron chi connectivity index (χ1n) is 8.25. The van der Waals surface area contributed by atoms with E-state index >= 15 is 0 Å². The van der Waals surface area contributed by atoms with Crippen molar-refractivity contribution in [2.45, 2.75) is 38.9 Å². The van der Waals surface area contributed by atoms with Gasteiger partial charge in [0, 0.05) is 48.0 Å². The molecule has 2 unspecified atom stereocenters. The number of aryl methyl sites for hydroxylation is 1. The molecular formula is C18H20ClFN4. The van der Waals surface area contributed by atoms with Crippen LogP contribution in [0.5, 0.6) is 0 Å². The monoisotopic (exact) mass is 346 g/mol. The fourth-order valence-electron chi connectivity index (χ4n) is 3.81. The van der Waals surface area contributed by atoms with Gasteiger partial charge in [-0.1, -0.05) is 17.7 Å². The average molecular weight is 347 g/mol. The second-order valence-corrected chi connectivity index (χ2v) is 7.17. The number of hydrogen-bond donors (Lipinski definition) is 0. The number of rotatable bonds is 3. The molecule has 6 heteroatoms. The molecule has 0 aliphatic carbocycles. The number of hydrogen-bond acceptors (Lipinski definition) is 4. The van der Waals surface area contributed by atoms with Gasteiger partial charge in [-0.3, -0.25) is 4.90 Å². The van der Waals surface area contributed by atoms with E-state index in [-0.39, 0.29) is 5.82 Å². The number of halogens is 2.